The van der Waals surface area contributed by atoms with E-state index >= 15 is 0 Å². The van der Waals surface area contributed by atoms with E-state index in [2.05, 4.69) is 28.5 Å². The monoisotopic (exact) mass is 424 g/mol. The van der Waals surface area contributed by atoms with Gasteiger partial charge in [0.2, 0.25) is 0 Å². The molecule has 0 N–H and O–H groups in total. The minimum Gasteiger partial charge on any atom is -0.287 e. The Labute approximate surface area is 180 Å². The molecule has 0 aliphatic heterocycles. The third kappa shape index (κ3) is 4.80. The molecule has 2 aromatic heterocycles. The number of tetrazole rings is 1. The van der Waals surface area contributed by atoms with E-state index in [1.54, 1.807) is 0 Å². The molecule has 1 aromatic carbocycles. The predicted octanol–water partition coefficient (Wildman–Crippen LogP) is 4.37. The molecule has 0 radical (unpaired) electrons. The topological polar surface area (TPSA) is 78.5 Å². The molecule has 1 aliphatic rings. The molecule has 0 saturated carbocycles. The SMILES string of the molecule is CCCCn1nnnc1CSc1nc2ccccc2c(=O)n1CCC1=CCCCC1. The molecule has 7 nitrogen and oxygen atoms in total. The van der Waals surface area contributed by atoms with Crippen molar-refractivity contribution in [2.24, 2.45) is 0 Å². The molecule has 0 bridgehead atoms. The fourth-order valence-corrected chi connectivity index (χ4v) is 4.74. The Balaban J connectivity index is 1.59. The van der Waals surface area contributed by atoms with Crippen molar-refractivity contribution in [1.82, 2.24) is 29.8 Å². The third-order valence-corrected chi connectivity index (χ3v) is 6.50. The maximum Gasteiger partial charge on any atom is 0.262 e. The molecular weight excluding hydrogens is 396 g/mol. The quantitative estimate of drug-likeness (QED) is 0.288. The summed E-state index contributed by atoms with van der Waals surface area (Å²) in [5.41, 5.74) is 2.23. The van der Waals surface area contributed by atoms with E-state index < -0.39 is 0 Å². The van der Waals surface area contributed by atoms with Crippen LogP contribution in [0.1, 0.15) is 57.7 Å². The molecule has 0 amide bonds. The number of benzene rings is 1. The van der Waals surface area contributed by atoms with Crippen LogP contribution in [0, 0.1) is 0 Å². The molecule has 0 unspecified atom stereocenters. The number of rotatable bonds is 9. The zero-order valence-electron chi connectivity index (χ0n) is 17.5. The lowest BCUT2D eigenvalue weighted by Crippen LogP contribution is -2.24. The highest BCUT2D eigenvalue weighted by Gasteiger charge is 2.15. The summed E-state index contributed by atoms with van der Waals surface area (Å²) >= 11 is 1.54. The second-order valence-electron chi connectivity index (χ2n) is 7.69. The minimum absolute atomic E-state index is 0.0325. The van der Waals surface area contributed by atoms with Gasteiger partial charge in [-0.2, -0.15) is 0 Å². The minimum atomic E-state index is 0.0325. The molecule has 0 fully saturated rings. The number of unbranched alkanes of at least 4 members (excludes halogenated alkanes) is 1. The summed E-state index contributed by atoms with van der Waals surface area (Å²) in [6.07, 6.45) is 10.2. The van der Waals surface area contributed by atoms with E-state index in [0.717, 1.165) is 55.1 Å². The lowest BCUT2D eigenvalue weighted by molar-refractivity contribution is 0.539. The van der Waals surface area contributed by atoms with Crippen LogP contribution < -0.4 is 5.56 Å². The molecule has 0 atom stereocenters. The second-order valence-corrected chi connectivity index (χ2v) is 8.63. The van der Waals surface area contributed by atoms with Crippen LogP contribution >= 0.6 is 11.8 Å². The smallest absolute Gasteiger partial charge is 0.262 e. The Bertz CT molecular complexity index is 1090. The van der Waals surface area contributed by atoms with Gasteiger partial charge >= 0.3 is 0 Å². The Kier molecular flexibility index (Phi) is 6.94. The number of hydrogen-bond donors (Lipinski definition) is 0. The predicted molar refractivity (Wildman–Crippen MR) is 119 cm³/mol. The number of fused-ring (bicyclic) bond motifs is 1. The highest BCUT2D eigenvalue weighted by Crippen LogP contribution is 2.24. The van der Waals surface area contributed by atoms with Gasteiger partial charge in [0, 0.05) is 13.1 Å². The Morgan fingerprint density at radius 1 is 1.17 bits per heavy atom. The standard InChI is InChI=1S/C22H28N6OS/c1-2-3-14-28-20(24-25-26-28)16-30-22-23-19-12-8-7-11-18(19)21(29)27(22)15-13-17-9-5-4-6-10-17/h7-9,11-12H,2-6,10,13-16H2,1H3. The number of allylic oxidation sites excluding steroid dienone is 2. The second kappa shape index (κ2) is 10.0. The molecular formula is C22H28N6OS. The summed E-state index contributed by atoms with van der Waals surface area (Å²) in [4.78, 5) is 18.1. The van der Waals surface area contributed by atoms with E-state index in [9.17, 15) is 4.79 Å². The number of nitrogens with zero attached hydrogens (tertiary/aromatic N) is 6. The van der Waals surface area contributed by atoms with Gasteiger partial charge in [0.05, 0.1) is 16.7 Å². The zero-order valence-corrected chi connectivity index (χ0v) is 18.3. The van der Waals surface area contributed by atoms with Crippen molar-refractivity contribution in [3.05, 3.63) is 52.1 Å². The summed E-state index contributed by atoms with van der Waals surface area (Å²) in [7, 11) is 0. The maximum atomic E-state index is 13.2. The van der Waals surface area contributed by atoms with Crippen molar-refractivity contribution in [2.45, 2.75) is 75.9 Å². The van der Waals surface area contributed by atoms with Crippen molar-refractivity contribution in [1.29, 1.82) is 0 Å². The van der Waals surface area contributed by atoms with E-state index in [4.69, 9.17) is 4.98 Å². The first-order valence-electron chi connectivity index (χ1n) is 10.8. The van der Waals surface area contributed by atoms with Crippen molar-refractivity contribution in [2.75, 3.05) is 0 Å². The highest BCUT2D eigenvalue weighted by atomic mass is 32.2. The zero-order chi connectivity index (χ0) is 20.8. The summed E-state index contributed by atoms with van der Waals surface area (Å²) in [6, 6.07) is 7.58. The number of aryl methyl sites for hydroxylation is 1. The van der Waals surface area contributed by atoms with E-state index in [-0.39, 0.29) is 5.56 Å². The van der Waals surface area contributed by atoms with Gasteiger partial charge in [0.25, 0.3) is 5.56 Å². The van der Waals surface area contributed by atoms with Gasteiger partial charge in [0.15, 0.2) is 11.0 Å². The van der Waals surface area contributed by atoms with Gasteiger partial charge in [-0.3, -0.25) is 9.36 Å². The molecule has 3 aromatic rings. The first kappa shape index (κ1) is 20.8. The van der Waals surface area contributed by atoms with Gasteiger partial charge in [-0.05, 0) is 61.1 Å². The number of thioether (sulfide) groups is 1. The molecule has 1 aliphatic carbocycles. The molecule has 4 rings (SSSR count). The van der Waals surface area contributed by atoms with Crippen LogP contribution in [0.3, 0.4) is 0 Å². The van der Waals surface area contributed by atoms with Crippen molar-refractivity contribution in [3.63, 3.8) is 0 Å². The van der Waals surface area contributed by atoms with Crippen LogP contribution in [0.2, 0.25) is 0 Å². The average molecular weight is 425 g/mol. The van der Waals surface area contributed by atoms with Crippen molar-refractivity contribution in [3.8, 4) is 0 Å². The van der Waals surface area contributed by atoms with E-state index in [0.29, 0.717) is 17.7 Å². The van der Waals surface area contributed by atoms with E-state index in [1.165, 1.54) is 30.2 Å². The van der Waals surface area contributed by atoms with Crippen LogP contribution in [0.5, 0.6) is 0 Å². The Morgan fingerprint density at radius 2 is 2.07 bits per heavy atom. The summed E-state index contributed by atoms with van der Waals surface area (Å²) in [6.45, 7) is 3.62. The maximum absolute atomic E-state index is 13.2. The Hall–Kier alpha value is -2.48. The van der Waals surface area contributed by atoms with Gasteiger partial charge in [-0.1, -0.05) is 48.9 Å². The molecule has 0 spiro atoms. The van der Waals surface area contributed by atoms with Gasteiger partial charge in [-0.25, -0.2) is 9.67 Å². The summed E-state index contributed by atoms with van der Waals surface area (Å²) in [5.74, 6) is 1.40. The average Bonchev–Trinajstić information content (AvgIpc) is 3.24. The van der Waals surface area contributed by atoms with E-state index in [1.807, 2.05) is 33.5 Å². The van der Waals surface area contributed by atoms with Crippen LogP contribution in [0.25, 0.3) is 10.9 Å². The first-order valence-corrected chi connectivity index (χ1v) is 11.8. The normalized spacial score (nSPS) is 14.2. The van der Waals surface area contributed by atoms with Gasteiger partial charge in [-0.15, -0.1) is 5.10 Å². The number of para-hydroxylation sites is 1. The van der Waals surface area contributed by atoms with Crippen LogP contribution in [-0.2, 0) is 18.8 Å². The van der Waals surface area contributed by atoms with Gasteiger partial charge in [0.1, 0.15) is 0 Å². The summed E-state index contributed by atoms with van der Waals surface area (Å²) < 4.78 is 3.69. The largest absolute Gasteiger partial charge is 0.287 e. The first-order chi connectivity index (χ1) is 14.8. The molecule has 2 heterocycles. The fraction of sp³-hybridized carbons (Fsp3) is 0.500. The Morgan fingerprint density at radius 3 is 2.90 bits per heavy atom. The molecule has 0 saturated heterocycles. The van der Waals surface area contributed by atoms with Crippen molar-refractivity contribution >= 4 is 22.7 Å². The molecule has 8 heteroatoms. The lowest BCUT2D eigenvalue weighted by Gasteiger charge is -2.16. The fourth-order valence-electron chi connectivity index (χ4n) is 3.78. The lowest BCUT2D eigenvalue weighted by atomic mass is 9.97. The number of aromatic nitrogens is 6. The van der Waals surface area contributed by atoms with Gasteiger partial charge < -0.3 is 0 Å². The third-order valence-electron chi connectivity index (χ3n) is 5.53. The molecule has 158 valence electrons. The van der Waals surface area contributed by atoms with Crippen molar-refractivity contribution < 1.29 is 0 Å². The van der Waals surface area contributed by atoms with Crippen LogP contribution in [0.4, 0.5) is 0 Å². The highest BCUT2D eigenvalue weighted by molar-refractivity contribution is 7.98. The molecule has 30 heavy (non-hydrogen) atoms. The van der Waals surface area contributed by atoms with Crippen LogP contribution in [0.15, 0.2) is 45.9 Å². The number of hydrogen-bond acceptors (Lipinski definition) is 6. The van der Waals surface area contributed by atoms with Crippen LogP contribution in [-0.4, -0.2) is 29.8 Å². The summed E-state index contributed by atoms with van der Waals surface area (Å²) in [5, 5.41) is 13.5.